The van der Waals surface area contributed by atoms with Crippen LogP contribution in [0.15, 0.2) is 48.5 Å². The molecule has 27 heavy (non-hydrogen) atoms. The first-order valence-electron chi connectivity index (χ1n) is 8.61. The van der Waals surface area contributed by atoms with Gasteiger partial charge in [-0.1, -0.05) is 35.9 Å². The Balaban J connectivity index is 2.15. The summed E-state index contributed by atoms with van der Waals surface area (Å²) in [5, 5.41) is 3.16. The van der Waals surface area contributed by atoms with Gasteiger partial charge in [0.2, 0.25) is 5.91 Å². The van der Waals surface area contributed by atoms with Crippen LogP contribution in [0.5, 0.6) is 5.75 Å². The lowest BCUT2D eigenvalue weighted by Crippen LogP contribution is -2.49. The molecule has 1 unspecified atom stereocenters. The number of carbonyl (C=O) groups excluding carboxylic acids is 2. The number of halogens is 2. The van der Waals surface area contributed by atoms with Crippen molar-refractivity contribution in [3.05, 3.63) is 64.9 Å². The van der Waals surface area contributed by atoms with Crippen LogP contribution in [0.4, 0.5) is 4.39 Å². The van der Waals surface area contributed by atoms with Crippen molar-refractivity contribution in [2.24, 2.45) is 0 Å². The molecule has 0 bridgehead atoms. The zero-order valence-corrected chi connectivity index (χ0v) is 16.0. The zero-order valence-electron chi connectivity index (χ0n) is 15.2. The topological polar surface area (TPSA) is 58.6 Å². The summed E-state index contributed by atoms with van der Waals surface area (Å²) in [5.41, 5.74) is 0.324. The van der Waals surface area contributed by atoms with Crippen LogP contribution in [0.2, 0.25) is 5.02 Å². The number of carbonyl (C=O) groups is 2. The molecule has 5 nitrogen and oxygen atoms in total. The molecule has 2 rings (SSSR count). The summed E-state index contributed by atoms with van der Waals surface area (Å²) in [4.78, 5) is 26.3. The van der Waals surface area contributed by atoms with Gasteiger partial charge in [-0.05, 0) is 38.1 Å². The summed E-state index contributed by atoms with van der Waals surface area (Å²) < 4.78 is 19.5. The van der Waals surface area contributed by atoms with Crippen molar-refractivity contribution in [3.8, 4) is 5.75 Å². The number of ether oxygens (including phenoxy) is 1. The number of benzene rings is 2. The predicted molar refractivity (Wildman–Crippen MR) is 102 cm³/mol. The van der Waals surface area contributed by atoms with E-state index in [1.165, 1.54) is 11.0 Å². The van der Waals surface area contributed by atoms with Gasteiger partial charge < -0.3 is 15.0 Å². The minimum Gasteiger partial charge on any atom is -0.484 e. The van der Waals surface area contributed by atoms with Gasteiger partial charge in [0.05, 0.1) is 0 Å². The Labute approximate surface area is 163 Å². The highest BCUT2D eigenvalue weighted by Crippen LogP contribution is 2.18. The summed E-state index contributed by atoms with van der Waals surface area (Å²) in [7, 11) is 0. The van der Waals surface area contributed by atoms with E-state index in [2.05, 4.69) is 5.32 Å². The molecule has 0 aliphatic carbocycles. The highest BCUT2D eigenvalue weighted by atomic mass is 35.5. The van der Waals surface area contributed by atoms with Crippen molar-refractivity contribution in [1.29, 1.82) is 0 Å². The van der Waals surface area contributed by atoms with Gasteiger partial charge in [-0.25, -0.2) is 4.39 Å². The molecule has 0 spiro atoms. The number of nitrogens with zero attached hydrogens (tertiary/aromatic N) is 1. The third kappa shape index (κ3) is 5.96. The predicted octanol–water partition coefficient (Wildman–Crippen LogP) is 3.41. The van der Waals surface area contributed by atoms with Crippen molar-refractivity contribution in [3.63, 3.8) is 0 Å². The van der Waals surface area contributed by atoms with Crippen LogP contribution in [0, 0.1) is 5.82 Å². The Morgan fingerprint density at radius 3 is 2.63 bits per heavy atom. The fourth-order valence-electron chi connectivity index (χ4n) is 2.50. The van der Waals surface area contributed by atoms with Crippen LogP contribution >= 0.6 is 11.6 Å². The molecule has 144 valence electrons. The van der Waals surface area contributed by atoms with Crippen LogP contribution in [0.25, 0.3) is 0 Å². The first-order valence-corrected chi connectivity index (χ1v) is 8.99. The van der Waals surface area contributed by atoms with Crippen molar-refractivity contribution < 1.29 is 18.7 Å². The molecular formula is C20H22ClFN2O3. The minimum atomic E-state index is -0.778. The van der Waals surface area contributed by atoms with E-state index < -0.39 is 17.8 Å². The molecule has 0 radical (unpaired) electrons. The monoisotopic (exact) mass is 392 g/mol. The molecular weight excluding hydrogens is 371 g/mol. The molecule has 2 amide bonds. The van der Waals surface area contributed by atoms with E-state index in [-0.39, 0.29) is 19.1 Å². The van der Waals surface area contributed by atoms with Gasteiger partial charge in [0.15, 0.2) is 6.61 Å². The van der Waals surface area contributed by atoms with Gasteiger partial charge in [0.25, 0.3) is 5.91 Å². The maximum atomic E-state index is 14.0. The van der Waals surface area contributed by atoms with Gasteiger partial charge in [0, 0.05) is 23.7 Å². The van der Waals surface area contributed by atoms with Crippen molar-refractivity contribution in [1.82, 2.24) is 10.2 Å². The van der Waals surface area contributed by atoms with Crippen LogP contribution in [-0.2, 0) is 16.1 Å². The SMILES string of the molecule is CCNC(=O)C(C)N(Cc1ccccc1F)C(=O)COc1cccc(Cl)c1. The third-order valence-electron chi connectivity index (χ3n) is 3.98. The highest BCUT2D eigenvalue weighted by molar-refractivity contribution is 6.30. The number of hydrogen-bond acceptors (Lipinski definition) is 3. The smallest absolute Gasteiger partial charge is 0.261 e. The van der Waals surface area contributed by atoms with Gasteiger partial charge in [0.1, 0.15) is 17.6 Å². The van der Waals surface area contributed by atoms with E-state index in [1.807, 2.05) is 0 Å². The summed E-state index contributed by atoms with van der Waals surface area (Å²) in [5.74, 6) is -0.747. The second kappa shape index (κ2) is 9.92. The average molecular weight is 393 g/mol. The standard InChI is InChI=1S/C20H22ClFN2O3/c1-3-23-20(26)14(2)24(12-15-7-4-5-10-18(15)22)19(25)13-27-17-9-6-8-16(21)11-17/h4-11,14H,3,12-13H2,1-2H3,(H,23,26). The Bertz CT molecular complexity index is 800. The summed E-state index contributed by atoms with van der Waals surface area (Å²) >= 11 is 5.90. The fraction of sp³-hybridized carbons (Fsp3) is 0.300. The zero-order chi connectivity index (χ0) is 19.8. The number of rotatable bonds is 8. The third-order valence-corrected chi connectivity index (χ3v) is 4.21. The Morgan fingerprint density at radius 2 is 1.96 bits per heavy atom. The molecule has 2 aromatic rings. The van der Waals surface area contributed by atoms with Gasteiger partial charge in [-0.2, -0.15) is 0 Å². The Morgan fingerprint density at radius 1 is 1.22 bits per heavy atom. The minimum absolute atomic E-state index is 0.0390. The molecule has 0 aromatic heterocycles. The van der Waals surface area contributed by atoms with Gasteiger partial charge in [-0.3, -0.25) is 9.59 Å². The highest BCUT2D eigenvalue weighted by Gasteiger charge is 2.26. The number of amides is 2. The molecule has 2 aromatic carbocycles. The largest absolute Gasteiger partial charge is 0.484 e. The van der Waals surface area contributed by atoms with Crippen LogP contribution in [0.1, 0.15) is 19.4 Å². The lowest BCUT2D eigenvalue weighted by atomic mass is 10.1. The van der Waals surface area contributed by atoms with E-state index in [4.69, 9.17) is 16.3 Å². The number of likely N-dealkylation sites (N-methyl/N-ethyl adjacent to an activating group) is 1. The van der Waals surface area contributed by atoms with Crippen LogP contribution < -0.4 is 10.1 Å². The maximum Gasteiger partial charge on any atom is 0.261 e. The van der Waals surface area contributed by atoms with E-state index >= 15 is 0 Å². The van der Waals surface area contributed by atoms with Crippen LogP contribution in [-0.4, -0.2) is 35.9 Å². The lowest BCUT2D eigenvalue weighted by Gasteiger charge is -2.28. The van der Waals surface area contributed by atoms with Crippen molar-refractivity contribution in [2.75, 3.05) is 13.2 Å². The molecule has 0 heterocycles. The summed E-state index contributed by atoms with van der Waals surface area (Å²) in [6.07, 6.45) is 0. The fourth-order valence-corrected chi connectivity index (χ4v) is 2.68. The van der Waals surface area contributed by atoms with E-state index in [0.717, 1.165) is 0 Å². The molecule has 1 N–H and O–H groups in total. The molecule has 0 aliphatic heterocycles. The van der Waals surface area contributed by atoms with E-state index in [0.29, 0.717) is 22.9 Å². The second-order valence-electron chi connectivity index (χ2n) is 5.93. The van der Waals surface area contributed by atoms with Crippen LogP contribution in [0.3, 0.4) is 0 Å². The first kappa shape index (κ1) is 20.7. The van der Waals surface area contributed by atoms with Gasteiger partial charge in [-0.15, -0.1) is 0 Å². The summed E-state index contributed by atoms with van der Waals surface area (Å²) in [6.45, 7) is 3.49. The Kier molecular flexibility index (Phi) is 7.61. The Hall–Kier alpha value is -2.60. The second-order valence-corrected chi connectivity index (χ2v) is 6.37. The summed E-state index contributed by atoms with van der Waals surface area (Å²) in [6, 6.07) is 12.0. The number of nitrogens with one attached hydrogen (secondary N) is 1. The van der Waals surface area contributed by atoms with Gasteiger partial charge >= 0.3 is 0 Å². The first-order chi connectivity index (χ1) is 12.9. The quantitative estimate of drug-likeness (QED) is 0.749. The molecule has 0 aliphatic rings. The number of hydrogen-bond donors (Lipinski definition) is 1. The average Bonchev–Trinajstić information content (AvgIpc) is 2.65. The molecule has 7 heteroatoms. The maximum absolute atomic E-state index is 14.0. The lowest BCUT2D eigenvalue weighted by molar-refractivity contribution is -0.142. The van der Waals surface area contributed by atoms with Crippen molar-refractivity contribution >= 4 is 23.4 Å². The molecule has 0 fully saturated rings. The van der Waals surface area contributed by atoms with E-state index in [1.54, 1.807) is 56.3 Å². The van der Waals surface area contributed by atoms with Crippen molar-refractivity contribution in [2.45, 2.75) is 26.4 Å². The van der Waals surface area contributed by atoms with E-state index in [9.17, 15) is 14.0 Å². The normalized spacial score (nSPS) is 11.6. The molecule has 0 saturated carbocycles. The molecule has 0 saturated heterocycles. The molecule has 1 atom stereocenters.